The van der Waals surface area contributed by atoms with E-state index in [0.29, 0.717) is 12.5 Å². The van der Waals surface area contributed by atoms with Gasteiger partial charge in [0.15, 0.2) is 0 Å². The zero-order valence-electron chi connectivity index (χ0n) is 13.6. The highest BCUT2D eigenvalue weighted by Crippen LogP contribution is 2.18. The lowest BCUT2D eigenvalue weighted by Crippen LogP contribution is -2.58. The van der Waals surface area contributed by atoms with Crippen molar-refractivity contribution in [2.24, 2.45) is 5.92 Å². The van der Waals surface area contributed by atoms with Gasteiger partial charge in [0.05, 0.1) is 0 Å². The number of nitrogens with one attached hydrogen (secondary N) is 1. The number of hydrogen-bond donors (Lipinski definition) is 2. The molecule has 0 aliphatic carbocycles. The summed E-state index contributed by atoms with van der Waals surface area (Å²) in [6, 6.07) is 0.160. The number of likely N-dealkylation sites (tertiary alicyclic amines) is 1. The SMILES string of the molecule is CC(C)NC(C)(CN(C)CC1CCN(C)CC1)C(=O)O. The van der Waals surface area contributed by atoms with Crippen LogP contribution < -0.4 is 5.32 Å². The van der Waals surface area contributed by atoms with Crippen LogP contribution in [0.25, 0.3) is 0 Å². The largest absolute Gasteiger partial charge is 0.480 e. The number of aliphatic carboxylic acids is 1. The number of nitrogens with zero attached hydrogens (tertiary/aromatic N) is 2. The molecule has 1 aliphatic heterocycles. The first-order valence-corrected chi connectivity index (χ1v) is 7.61. The zero-order chi connectivity index (χ0) is 15.3. The molecule has 1 rings (SSSR count). The molecule has 0 spiro atoms. The molecule has 20 heavy (non-hydrogen) atoms. The van der Waals surface area contributed by atoms with Crippen LogP contribution in [0.15, 0.2) is 0 Å². The van der Waals surface area contributed by atoms with Crippen molar-refractivity contribution in [2.75, 3.05) is 40.3 Å². The minimum absolute atomic E-state index is 0.160. The minimum Gasteiger partial charge on any atom is -0.480 e. The van der Waals surface area contributed by atoms with Crippen molar-refractivity contribution in [2.45, 2.75) is 45.2 Å². The van der Waals surface area contributed by atoms with Crippen LogP contribution in [0, 0.1) is 5.92 Å². The Balaban J connectivity index is 2.49. The van der Waals surface area contributed by atoms with E-state index in [-0.39, 0.29) is 6.04 Å². The number of carboxylic acid groups (broad SMARTS) is 1. The highest BCUT2D eigenvalue weighted by Gasteiger charge is 2.35. The average molecular weight is 285 g/mol. The van der Waals surface area contributed by atoms with Crippen LogP contribution in [0.5, 0.6) is 0 Å². The van der Waals surface area contributed by atoms with Gasteiger partial charge >= 0.3 is 5.97 Å². The average Bonchev–Trinajstić information content (AvgIpc) is 2.30. The van der Waals surface area contributed by atoms with Crippen molar-refractivity contribution in [1.29, 1.82) is 0 Å². The lowest BCUT2D eigenvalue weighted by atomic mass is 9.95. The predicted octanol–water partition coefficient (Wildman–Crippen LogP) is 1.10. The second-order valence-corrected chi connectivity index (χ2v) is 6.88. The van der Waals surface area contributed by atoms with Gasteiger partial charge in [0.1, 0.15) is 5.54 Å². The van der Waals surface area contributed by atoms with E-state index >= 15 is 0 Å². The number of carbonyl (C=O) groups is 1. The van der Waals surface area contributed by atoms with E-state index < -0.39 is 11.5 Å². The van der Waals surface area contributed by atoms with Gasteiger partial charge in [-0.25, -0.2) is 0 Å². The third-order valence-electron chi connectivity index (χ3n) is 4.07. The fraction of sp³-hybridized carbons (Fsp3) is 0.933. The van der Waals surface area contributed by atoms with Crippen molar-refractivity contribution in [3.8, 4) is 0 Å². The van der Waals surface area contributed by atoms with E-state index in [1.165, 1.54) is 12.8 Å². The maximum atomic E-state index is 11.5. The lowest BCUT2D eigenvalue weighted by Gasteiger charge is -2.36. The Morgan fingerprint density at radius 1 is 1.45 bits per heavy atom. The molecule has 0 bridgehead atoms. The van der Waals surface area contributed by atoms with Crippen LogP contribution in [-0.4, -0.2) is 72.7 Å². The summed E-state index contributed by atoms with van der Waals surface area (Å²) in [6.45, 7) is 9.57. The smallest absolute Gasteiger partial charge is 0.324 e. The Kier molecular flexibility index (Phi) is 6.43. The molecule has 5 heteroatoms. The highest BCUT2D eigenvalue weighted by atomic mass is 16.4. The van der Waals surface area contributed by atoms with Crippen LogP contribution >= 0.6 is 0 Å². The number of carboxylic acids is 1. The van der Waals surface area contributed by atoms with Crippen molar-refractivity contribution in [3.63, 3.8) is 0 Å². The normalized spacial score (nSPS) is 21.4. The van der Waals surface area contributed by atoms with E-state index in [2.05, 4.69) is 22.2 Å². The number of hydrogen-bond acceptors (Lipinski definition) is 4. The molecular formula is C15H31N3O2. The van der Waals surface area contributed by atoms with Gasteiger partial charge in [-0.2, -0.15) is 0 Å². The first-order valence-electron chi connectivity index (χ1n) is 7.61. The molecule has 1 saturated heterocycles. The van der Waals surface area contributed by atoms with Crippen LogP contribution in [0.3, 0.4) is 0 Å². The van der Waals surface area contributed by atoms with Gasteiger partial charge in [-0.1, -0.05) is 0 Å². The lowest BCUT2D eigenvalue weighted by molar-refractivity contribution is -0.145. The number of rotatable bonds is 7. The molecule has 1 unspecified atom stereocenters. The fourth-order valence-electron chi connectivity index (χ4n) is 3.10. The molecule has 2 N–H and O–H groups in total. The van der Waals surface area contributed by atoms with Gasteiger partial charge in [0.2, 0.25) is 0 Å². The fourth-order valence-corrected chi connectivity index (χ4v) is 3.10. The third kappa shape index (κ3) is 5.38. The van der Waals surface area contributed by atoms with Gasteiger partial charge < -0.3 is 14.9 Å². The van der Waals surface area contributed by atoms with Crippen LogP contribution in [-0.2, 0) is 4.79 Å². The molecule has 1 fully saturated rings. The molecule has 118 valence electrons. The third-order valence-corrected chi connectivity index (χ3v) is 4.07. The maximum Gasteiger partial charge on any atom is 0.324 e. The van der Waals surface area contributed by atoms with E-state index in [9.17, 15) is 9.90 Å². The van der Waals surface area contributed by atoms with E-state index in [4.69, 9.17) is 0 Å². The molecule has 0 aromatic heterocycles. The quantitative estimate of drug-likeness (QED) is 0.734. The number of likely N-dealkylation sites (N-methyl/N-ethyl adjacent to an activating group) is 1. The highest BCUT2D eigenvalue weighted by molar-refractivity contribution is 5.78. The van der Waals surface area contributed by atoms with Crippen molar-refractivity contribution in [1.82, 2.24) is 15.1 Å². The summed E-state index contributed by atoms with van der Waals surface area (Å²) >= 11 is 0. The van der Waals surface area contributed by atoms with E-state index in [0.717, 1.165) is 19.6 Å². The van der Waals surface area contributed by atoms with Crippen LogP contribution in [0.2, 0.25) is 0 Å². The van der Waals surface area contributed by atoms with Crippen molar-refractivity contribution in [3.05, 3.63) is 0 Å². The Hall–Kier alpha value is -0.650. The molecule has 1 heterocycles. The Morgan fingerprint density at radius 2 is 2.00 bits per heavy atom. The second kappa shape index (κ2) is 7.38. The Morgan fingerprint density at radius 3 is 2.45 bits per heavy atom. The Labute approximate surface area is 123 Å². The summed E-state index contributed by atoms with van der Waals surface area (Å²) in [5, 5.41) is 12.7. The zero-order valence-corrected chi connectivity index (χ0v) is 13.6. The summed E-state index contributed by atoms with van der Waals surface area (Å²) in [5.74, 6) is -0.0882. The Bertz CT molecular complexity index is 314. The molecular weight excluding hydrogens is 254 g/mol. The molecule has 0 aromatic rings. The number of piperidine rings is 1. The van der Waals surface area contributed by atoms with E-state index in [1.807, 2.05) is 20.9 Å². The summed E-state index contributed by atoms with van der Waals surface area (Å²) in [4.78, 5) is 16.1. The molecule has 0 radical (unpaired) electrons. The molecule has 0 saturated carbocycles. The molecule has 5 nitrogen and oxygen atoms in total. The summed E-state index contributed by atoms with van der Waals surface area (Å²) in [7, 11) is 4.19. The maximum absolute atomic E-state index is 11.5. The van der Waals surface area contributed by atoms with Crippen molar-refractivity contribution < 1.29 is 9.90 Å². The topological polar surface area (TPSA) is 55.8 Å². The summed E-state index contributed by atoms with van der Waals surface area (Å²) in [5.41, 5.74) is -0.881. The van der Waals surface area contributed by atoms with Crippen molar-refractivity contribution >= 4 is 5.97 Å². The van der Waals surface area contributed by atoms with Gasteiger partial charge in [-0.3, -0.25) is 10.1 Å². The first-order chi connectivity index (χ1) is 9.23. The van der Waals surface area contributed by atoms with Gasteiger partial charge in [0, 0.05) is 19.1 Å². The van der Waals surface area contributed by atoms with Gasteiger partial charge in [0.25, 0.3) is 0 Å². The summed E-state index contributed by atoms with van der Waals surface area (Å²) in [6.07, 6.45) is 2.42. The second-order valence-electron chi connectivity index (χ2n) is 6.88. The van der Waals surface area contributed by atoms with Gasteiger partial charge in [-0.15, -0.1) is 0 Å². The van der Waals surface area contributed by atoms with Gasteiger partial charge in [-0.05, 0) is 66.7 Å². The molecule has 0 amide bonds. The molecule has 1 atom stereocenters. The molecule has 0 aromatic carbocycles. The monoisotopic (exact) mass is 285 g/mol. The summed E-state index contributed by atoms with van der Waals surface area (Å²) < 4.78 is 0. The predicted molar refractivity (Wildman–Crippen MR) is 82.0 cm³/mol. The van der Waals surface area contributed by atoms with Crippen LogP contribution in [0.1, 0.15) is 33.6 Å². The standard InChI is InChI=1S/C15H31N3O2/c1-12(2)16-15(3,14(19)20)11-18(5)10-13-6-8-17(4)9-7-13/h12-13,16H,6-11H2,1-5H3,(H,19,20). The van der Waals surface area contributed by atoms with E-state index in [1.54, 1.807) is 6.92 Å². The molecule has 1 aliphatic rings. The minimum atomic E-state index is -0.881. The van der Waals surface area contributed by atoms with Crippen LogP contribution in [0.4, 0.5) is 0 Å². The first kappa shape index (κ1) is 17.4.